The fourth-order valence-electron chi connectivity index (χ4n) is 2.06. The van der Waals surface area contributed by atoms with Crippen LogP contribution in [0.1, 0.15) is 15.9 Å². The van der Waals surface area contributed by atoms with E-state index in [4.69, 9.17) is 9.47 Å². The van der Waals surface area contributed by atoms with Gasteiger partial charge in [0.1, 0.15) is 11.5 Å². The number of carbonyl (C=O) groups is 2. The Morgan fingerprint density at radius 1 is 1.17 bits per heavy atom. The highest BCUT2D eigenvalue weighted by Gasteiger charge is 2.08. The first-order valence-corrected chi connectivity index (χ1v) is 7.29. The van der Waals surface area contributed by atoms with E-state index in [9.17, 15) is 9.59 Å². The van der Waals surface area contributed by atoms with Crippen molar-refractivity contribution < 1.29 is 19.1 Å². The van der Waals surface area contributed by atoms with Crippen LogP contribution in [0.25, 0.3) is 0 Å². The zero-order valence-corrected chi connectivity index (χ0v) is 13.0. The Kier molecular flexibility index (Phi) is 6.17. The van der Waals surface area contributed by atoms with Crippen molar-refractivity contribution in [3.8, 4) is 11.5 Å². The number of benzene rings is 2. The summed E-state index contributed by atoms with van der Waals surface area (Å²) in [5.74, 6) is 0.694. The smallest absolute Gasteiger partial charge is 0.257 e. The molecule has 0 spiro atoms. The minimum Gasteiger partial charge on any atom is -0.497 e. The SMILES string of the molecule is COc1ccc(OCC(=O)NCCc2ccccc2)c(C=O)c1. The van der Waals surface area contributed by atoms with Crippen LogP contribution in [0, 0.1) is 0 Å². The van der Waals surface area contributed by atoms with Crippen LogP contribution >= 0.6 is 0 Å². The predicted octanol–water partition coefficient (Wildman–Crippen LogP) is 2.25. The Morgan fingerprint density at radius 3 is 2.65 bits per heavy atom. The summed E-state index contributed by atoms with van der Waals surface area (Å²) in [6.45, 7) is 0.400. The number of nitrogens with one attached hydrogen (secondary N) is 1. The van der Waals surface area contributed by atoms with Crippen LogP contribution < -0.4 is 14.8 Å². The van der Waals surface area contributed by atoms with Gasteiger partial charge in [0.05, 0.1) is 12.7 Å². The van der Waals surface area contributed by atoms with Crippen molar-refractivity contribution in [2.45, 2.75) is 6.42 Å². The Labute approximate surface area is 135 Å². The van der Waals surface area contributed by atoms with Gasteiger partial charge in [-0.25, -0.2) is 0 Å². The predicted molar refractivity (Wildman–Crippen MR) is 87.0 cm³/mol. The second-order valence-corrected chi connectivity index (χ2v) is 4.90. The summed E-state index contributed by atoms with van der Waals surface area (Å²) in [5.41, 5.74) is 1.51. The molecule has 2 aromatic carbocycles. The first-order valence-electron chi connectivity index (χ1n) is 7.29. The molecule has 0 aromatic heterocycles. The average molecular weight is 313 g/mol. The Balaban J connectivity index is 1.79. The van der Waals surface area contributed by atoms with Gasteiger partial charge in [-0.2, -0.15) is 0 Å². The van der Waals surface area contributed by atoms with Crippen LogP contribution in [0.15, 0.2) is 48.5 Å². The first kappa shape index (κ1) is 16.5. The van der Waals surface area contributed by atoms with E-state index in [2.05, 4.69) is 5.32 Å². The van der Waals surface area contributed by atoms with Crippen molar-refractivity contribution >= 4 is 12.2 Å². The number of carbonyl (C=O) groups excluding carboxylic acids is 2. The molecule has 0 aliphatic heterocycles. The zero-order chi connectivity index (χ0) is 16.5. The lowest BCUT2D eigenvalue weighted by Crippen LogP contribution is -2.30. The number of hydrogen-bond donors (Lipinski definition) is 1. The first-order chi connectivity index (χ1) is 11.2. The lowest BCUT2D eigenvalue weighted by molar-refractivity contribution is -0.123. The van der Waals surface area contributed by atoms with E-state index in [1.54, 1.807) is 18.2 Å². The van der Waals surface area contributed by atoms with Gasteiger partial charge in [-0.05, 0) is 30.2 Å². The monoisotopic (exact) mass is 313 g/mol. The molecule has 0 atom stereocenters. The minimum atomic E-state index is -0.228. The summed E-state index contributed by atoms with van der Waals surface area (Å²) >= 11 is 0. The molecule has 23 heavy (non-hydrogen) atoms. The highest BCUT2D eigenvalue weighted by molar-refractivity contribution is 5.81. The number of aldehydes is 1. The molecule has 2 rings (SSSR count). The largest absolute Gasteiger partial charge is 0.497 e. The molecule has 1 amide bonds. The molecule has 0 unspecified atom stereocenters. The normalized spacial score (nSPS) is 9.96. The third kappa shape index (κ3) is 5.14. The topological polar surface area (TPSA) is 64.6 Å². The van der Waals surface area contributed by atoms with Gasteiger partial charge in [0.15, 0.2) is 12.9 Å². The molecule has 0 radical (unpaired) electrons. The maximum absolute atomic E-state index is 11.8. The maximum atomic E-state index is 11.8. The van der Waals surface area contributed by atoms with Gasteiger partial charge in [0.2, 0.25) is 0 Å². The van der Waals surface area contributed by atoms with Crippen LogP contribution in [-0.2, 0) is 11.2 Å². The number of amides is 1. The molecule has 2 aromatic rings. The summed E-state index contributed by atoms with van der Waals surface area (Å²) in [7, 11) is 1.52. The van der Waals surface area contributed by atoms with Crippen molar-refractivity contribution in [2.75, 3.05) is 20.3 Å². The minimum absolute atomic E-state index is 0.137. The lowest BCUT2D eigenvalue weighted by atomic mass is 10.1. The van der Waals surface area contributed by atoms with Crippen molar-refractivity contribution in [3.05, 3.63) is 59.7 Å². The van der Waals surface area contributed by atoms with E-state index < -0.39 is 0 Å². The maximum Gasteiger partial charge on any atom is 0.257 e. The molecule has 0 heterocycles. The summed E-state index contributed by atoms with van der Waals surface area (Å²) in [4.78, 5) is 22.8. The van der Waals surface area contributed by atoms with Gasteiger partial charge in [-0.1, -0.05) is 30.3 Å². The van der Waals surface area contributed by atoms with E-state index >= 15 is 0 Å². The molecule has 0 aliphatic carbocycles. The van der Waals surface area contributed by atoms with Gasteiger partial charge in [0.25, 0.3) is 5.91 Å². The molecule has 0 aliphatic rings. The number of rotatable bonds is 8. The molecule has 0 fully saturated rings. The molecule has 5 nitrogen and oxygen atoms in total. The molecule has 0 bridgehead atoms. The van der Waals surface area contributed by atoms with Crippen molar-refractivity contribution in [3.63, 3.8) is 0 Å². The number of hydrogen-bond acceptors (Lipinski definition) is 4. The third-order valence-corrected chi connectivity index (χ3v) is 3.28. The highest BCUT2D eigenvalue weighted by atomic mass is 16.5. The van der Waals surface area contributed by atoms with Crippen molar-refractivity contribution in [1.29, 1.82) is 0 Å². The second-order valence-electron chi connectivity index (χ2n) is 4.90. The highest BCUT2D eigenvalue weighted by Crippen LogP contribution is 2.22. The van der Waals surface area contributed by atoms with Gasteiger partial charge in [-0.15, -0.1) is 0 Å². The quantitative estimate of drug-likeness (QED) is 0.759. The fourth-order valence-corrected chi connectivity index (χ4v) is 2.06. The van der Waals surface area contributed by atoms with Gasteiger partial charge < -0.3 is 14.8 Å². The number of ether oxygens (including phenoxy) is 2. The molecule has 1 N–H and O–H groups in total. The van der Waals surface area contributed by atoms with E-state index in [0.717, 1.165) is 12.0 Å². The van der Waals surface area contributed by atoms with Gasteiger partial charge in [0, 0.05) is 6.54 Å². The summed E-state index contributed by atoms with van der Waals surface area (Å²) < 4.78 is 10.4. The van der Waals surface area contributed by atoms with Gasteiger partial charge >= 0.3 is 0 Å². The van der Waals surface area contributed by atoms with Crippen LogP contribution in [0.2, 0.25) is 0 Å². The summed E-state index contributed by atoms with van der Waals surface area (Å²) in [5, 5.41) is 2.78. The van der Waals surface area contributed by atoms with Crippen LogP contribution in [-0.4, -0.2) is 32.5 Å². The van der Waals surface area contributed by atoms with Gasteiger partial charge in [-0.3, -0.25) is 9.59 Å². The summed E-state index contributed by atoms with van der Waals surface area (Å²) in [6, 6.07) is 14.8. The van der Waals surface area contributed by atoms with Crippen LogP contribution in [0.4, 0.5) is 0 Å². The standard InChI is InChI=1S/C18H19NO4/c1-22-16-7-8-17(15(11-16)12-20)23-13-18(21)19-10-9-14-5-3-2-4-6-14/h2-8,11-12H,9-10,13H2,1H3,(H,19,21). The van der Waals surface area contributed by atoms with E-state index in [1.165, 1.54) is 7.11 Å². The van der Waals surface area contributed by atoms with Crippen LogP contribution in [0.5, 0.6) is 11.5 Å². The molecule has 0 saturated carbocycles. The number of methoxy groups -OCH3 is 1. The molecular formula is C18H19NO4. The fraction of sp³-hybridized carbons (Fsp3) is 0.222. The Morgan fingerprint density at radius 2 is 1.96 bits per heavy atom. The summed E-state index contributed by atoms with van der Waals surface area (Å²) in [6.07, 6.45) is 1.43. The zero-order valence-electron chi connectivity index (χ0n) is 13.0. The van der Waals surface area contributed by atoms with E-state index in [0.29, 0.717) is 29.9 Å². The lowest BCUT2D eigenvalue weighted by Gasteiger charge is -2.10. The third-order valence-electron chi connectivity index (χ3n) is 3.28. The molecule has 120 valence electrons. The Bertz CT molecular complexity index is 655. The Hall–Kier alpha value is -2.82. The van der Waals surface area contributed by atoms with E-state index in [1.807, 2.05) is 30.3 Å². The molecular weight excluding hydrogens is 294 g/mol. The molecule has 5 heteroatoms. The second kappa shape index (κ2) is 8.58. The molecule has 0 saturated heterocycles. The van der Waals surface area contributed by atoms with E-state index in [-0.39, 0.29) is 12.5 Å². The van der Waals surface area contributed by atoms with Crippen molar-refractivity contribution in [2.24, 2.45) is 0 Å². The average Bonchev–Trinajstić information content (AvgIpc) is 2.60. The van der Waals surface area contributed by atoms with Crippen molar-refractivity contribution in [1.82, 2.24) is 5.32 Å². The van der Waals surface area contributed by atoms with Crippen LogP contribution in [0.3, 0.4) is 0 Å².